The average molecular weight is 536 g/mol. The number of hydrogen-bond acceptors (Lipinski definition) is 9. The van der Waals surface area contributed by atoms with Gasteiger partial charge in [0.05, 0.1) is 18.5 Å². The van der Waals surface area contributed by atoms with Crippen LogP contribution in [0.15, 0.2) is 60.8 Å². The van der Waals surface area contributed by atoms with Crippen LogP contribution in [0.25, 0.3) is 0 Å². The van der Waals surface area contributed by atoms with Gasteiger partial charge in [-0.1, -0.05) is 29.5 Å². The predicted molar refractivity (Wildman–Crippen MR) is 141 cm³/mol. The van der Waals surface area contributed by atoms with Gasteiger partial charge in [0, 0.05) is 18.3 Å². The van der Waals surface area contributed by atoms with Gasteiger partial charge in [-0.15, -0.1) is 15.3 Å². The fourth-order valence-corrected chi connectivity index (χ4v) is 4.36. The van der Waals surface area contributed by atoms with Crippen molar-refractivity contribution >= 4 is 34.1 Å². The Kier molecular flexibility index (Phi) is 9.74. The number of benzene rings is 1. The molecule has 0 atom stereocenters. The molecule has 4 aromatic rings. The van der Waals surface area contributed by atoms with E-state index in [-0.39, 0.29) is 24.7 Å². The maximum atomic E-state index is 12.3. The summed E-state index contributed by atoms with van der Waals surface area (Å²) in [7, 11) is 0. The van der Waals surface area contributed by atoms with Crippen molar-refractivity contribution in [3.05, 3.63) is 82.8 Å². The van der Waals surface area contributed by atoms with Gasteiger partial charge in [-0.3, -0.25) is 14.6 Å². The molecule has 12 heteroatoms. The number of pyridine rings is 1. The highest BCUT2D eigenvalue weighted by atomic mass is 32.1. The van der Waals surface area contributed by atoms with Crippen molar-refractivity contribution in [3.8, 4) is 5.75 Å². The lowest BCUT2D eigenvalue weighted by atomic mass is 10.1. The number of anilines is 2. The minimum Gasteiger partial charge on any atom is -0.463 e. The molecule has 3 aromatic heterocycles. The van der Waals surface area contributed by atoms with Crippen molar-refractivity contribution in [3.63, 3.8) is 0 Å². The second-order valence-electron chi connectivity index (χ2n) is 8.29. The van der Waals surface area contributed by atoms with E-state index in [1.807, 2.05) is 12.1 Å². The fourth-order valence-electron chi connectivity index (χ4n) is 3.56. The summed E-state index contributed by atoms with van der Waals surface area (Å²) in [5.74, 6) is 0.300. The van der Waals surface area contributed by atoms with E-state index in [2.05, 4.69) is 36.0 Å². The first-order valence-electron chi connectivity index (χ1n) is 12.0. The second kappa shape index (κ2) is 13.8. The maximum Gasteiger partial charge on any atom is 0.232 e. The lowest BCUT2D eigenvalue weighted by Gasteiger charge is -2.06. The van der Waals surface area contributed by atoms with Crippen molar-refractivity contribution in [1.82, 2.24) is 25.4 Å². The van der Waals surface area contributed by atoms with Crippen LogP contribution in [0, 0.1) is 0 Å². The number of alkyl halides is 1. The first-order chi connectivity index (χ1) is 18.6. The van der Waals surface area contributed by atoms with Gasteiger partial charge in [0.2, 0.25) is 23.8 Å². The molecule has 0 radical (unpaired) electrons. The summed E-state index contributed by atoms with van der Waals surface area (Å²) < 4.78 is 17.1. The Hall–Kier alpha value is -4.32. The molecule has 4 rings (SSSR count). The van der Waals surface area contributed by atoms with Gasteiger partial charge >= 0.3 is 0 Å². The second-order valence-corrected chi connectivity index (χ2v) is 9.35. The van der Waals surface area contributed by atoms with E-state index in [1.54, 1.807) is 48.7 Å². The summed E-state index contributed by atoms with van der Waals surface area (Å²) in [6, 6.07) is 15.7. The number of unbranched alkanes of at least 4 members (excludes halogenated alkanes) is 1. The normalized spacial score (nSPS) is 10.7. The third-order valence-electron chi connectivity index (χ3n) is 5.33. The van der Waals surface area contributed by atoms with Gasteiger partial charge in [0.15, 0.2) is 5.82 Å². The van der Waals surface area contributed by atoms with Crippen LogP contribution in [0.3, 0.4) is 0 Å². The summed E-state index contributed by atoms with van der Waals surface area (Å²) in [6.07, 6.45) is 5.17. The van der Waals surface area contributed by atoms with Gasteiger partial charge in [0.1, 0.15) is 10.8 Å². The molecule has 0 saturated carbocycles. The molecular formula is C26H26FN7O3S. The largest absolute Gasteiger partial charge is 0.463 e. The van der Waals surface area contributed by atoms with E-state index in [9.17, 15) is 14.0 Å². The number of nitrogens with one attached hydrogen (secondary N) is 2. The van der Waals surface area contributed by atoms with Crippen molar-refractivity contribution in [2.75, 3.05) is 17.5 Å². The van der Waals surface area contributed by atoms with Gasteiger partial charge in [-0.05, 0) is 61.2 Å². The lowest BCUT2D eigenvalue weighted by Crippen LogP contribution is -2.16. The van der Waals surface area contributed by atoms with Crippen LogP contribution in [0.4, 0.5) is 15.3 Å². The fraction of sp³-hybridized carbons (Fsp3) is 0.269. The van der Waals surface area contributed by atoms with E-state index >= 15 is 0 Å². The highest BCUT2D eigenvalue weighted by molar-refractivity contribution is 7.15. The van der Waals surface area contributed by atoms with Crippen LogP contribution in [0.5, 0.6) is 5.75 Å². The summed E-state index contributed by atoms with van der Waals surface area (Å²) in [5.41, 5.74) is 2.21. The standard InChI is InChI=1S/C26H26FN7O3S/c27-17-37-21-9-5-6-18(14-21)15-23(35)29-22-12-11-19(31-32-22)7-1-2-10-25-33-34-26(38-25)30-24(36)16-20-8-3-4-13-28-20/h3-6,8-9,11-14H,1-2,7,10,15-17H2,(H,29,32,35)(H,30,34,36). The number of hydrogen-bond donors (Lipinski definition) is 2. The average Bonchev–Trinajstić information content (AvgIpc) is 3.35. The molecule has 1 aromatic carbocycles. The molecule has 0 aliphatic heterocycles. The summed E-state index contributed by atoms with van der Waals surface area (Å²) in [4.78, 5) is 28.6. The van der Waals surface area contributed by atoms with Gasteiger partial charge in [-0.2, -0.15) is 5.10 Å². The van der Waals surface area contributed by atoms with E-state index in [4.69, 9.17) is 4.74 Å². The number of aromatic nitrogens is 5. The molecular weight excluding hydrogens is 509 g/mol. The van der Waals surface area contributed by atoms with E-state index in [0.717, 1.165) is 36.4 Å². The van der Waals surface area contributed by atoms with Crippen molar-refractivity contribution in [2.24, 2.45) is 0 Å². The molecule has 0 fully saturated rings. The van der Waals surface area contributed by atoms with E-state index < -0.39 is 6.86 Å². The number of ether oxygens (including phenoxy) is 1. The summed E-state index contributed by atoms with van der Waals surface area (Å²) >= 11 is 1.36. The van der Waals surface area contributed by atoms with Gasteiger partial charge in [0.25, 0.3) is 0 Å². The summed E-state index contributed by atoms with van der Waals surface area (Å²) in [5, 5.41) is 23.3. The minimum absolute atomic E-state index is 0.105. The Balaban J connectivity index is 1.15. The highest BCUT2D eigenvalue weighted by Crippen LogP contribution is 2.18. The Morgan fingerprint density at radius 1 is 0.842 bits per heavy atom. The third-order valence-corrected chi connectivity index (χ3v) is 6.22. The number of carbonyl (C=O) groups excluding carboxylic acids is 2. The predicted octanol–water partition coefficient (Wildman–Crippen LogP) is 3.96. The van der Waals surface area contributed by atoms with E-state index in [0.29, 0.717) is 28.0 Å². The van der Waals surface area contributed by atoms with Crippen LogP contribution in [0.2, 0.25) is 0 Å². The molecule has 38 heavy (non-hydrogen) atoms. The van der Waals surface area contributed by atoms with Crippen molar-refractivity contribution in [2.45, 2.75) is 38.5 Å². The quantitative estimate of drug-likeness (QED) is 0.246. The first-order valence-corrected chi connectivity index (χ1v) is 12.8. The first kappa shape index (κ1) is 26.7. The summed E-state index contributed by atoms with van der Waals surface area (Å²) in [6.45, 7) is -0.923. The molecule has 2 amide bonds. The van der Waals surface area contributed by atoms with Gasteiger partial charge in [-0.25, -0.2) is 4.39 Å². The molecule has 196 valence electrons. The Labute approximate surface area is 222 Å². The zero-order chi connectivity index (χ0) is 26.6. The van der Waals surface area contributed by atoms with Gasteiger partial charge < -0.3 is 15.4 Å². The van der Waals surface area contributed by atoms with Crippen LogP contribution < -0.4 is 15.4 Å². The Bertz CT molecular complexity index is 1340. The van der Waals surface area contributed by atoms with Crippen molar-refractivity contribution < 1.29 is 18.7 Å². The van der Waals surface area contributed by atoms with Crippen molar-refractivity contribution in [1.29, 1.82) is 0 Å². The molecule has 0 unspecified atom stereocenters. The number of nitrogens with zero attached hydrogens (tertiary/aromatic N) is 5. The molecule has 3 heterocycles. The highest BCUT2D eigenvalue weighted by Gasteiger charge is 2.10. The van der Waals surface area contributed by atoms with Crippen LogP contribution in [-0.4, -0.2) is 44.1 Å². The molecule has 0 saturated heterocycles. The van der Waals surface area contributed by atoms with Crippen LogP contribution in [-0.2, 0) is 35.3 Å². The number of amides is 2. The number of halogens is 1. The third kappa shape index (κ3) is 8.66. The smallest absolute Gasteiger partial charge is 0.232 e. The number of aryl methyl sites for hydroxylation is 2. The minimum atomic E-state index is -0.923. The zero-order valence-corrected chi connectivity index (χ0v) is 21.3. The monoisotopic (exact) mass is 535 g/mol. The Morgan fingerprint density at radius 2 is 1.71 bits per heavy atom. The maximum absolute atomic E-state index is 12.3. The Morgan fingerprint density at radius 3 is 2.50 bits per heavy atom. The number of rotatable bonds is 13. The molecule has 0 bridgehead atoms. The zero-order valence-electron chi connectivity index (χ0n) is 20.5. The van der Waals surface area contributed by atoms with Crippen LogP contribution >= 0.6 is 11.3 Å². The topological polar surface area (TPSA) is 132 Å². The molecule has 10 nitrogen and oxygen atoms in total. The number of carbonyl (C=O) groups is 2. The lowest BCUT2D eigenvalue weighted by molar-refractivity contribution is -0.116. The molecule has 0 aliphatic carbocycles. The molecule has 2 N–H and O–H groups in total. The molecule has 0 aliphatic rings. The SMILES string of the molecule is O=C(Cc1cccc(OCF)c1)Nc1ccc(CCCCc2nnc(NC(=O)Cc3ccccn3)s2)nn1. The van der Waals surface area contributed by atoms with Crippen LogP contribution in [0.1, 0.15) is 34.8 Å². The van der Waals surface area contributed by atoms with E-state index in [1.165, 1.54) is 11.3 Å². The molecule has 0 spiro atoms.